The summed E-state index contributed by atoms with van der Waals surface area (Å²) in [5.41, 5.74) is 0. The minimum absolute atomic E-state index is 0.254. The zero-order valence-electron chi connectivity index (χ0n) is 12.6. The van der Waals surface area contributed by atoms with Crippen molar-refractivity contribution in [2.45, 2.75) is 46.0 Å². The molecule has 1 unspecified atom stereocenters. The lowest BCUT2D eigenvalue weighted by atomic mass is 10.1. The summed E-state index contributed by atoms with van der Waals surface area (Å²) in [7, 11) is 0. The van der Waals surface area contributed by atoms with Crippen LogP contribution in [0.4, 0.5) is 0 Å². The van der Waals surface area contributed by atoms with E-state index in [-0.39, 0.29) is 5.92 Å². The van der Waals surface area contributed by atoms with E-state index in [1.165, 1.54) is 45.2 Å². The average molecular weight is 270 g/mol. The van der Waals surface area contributed by atoms with Gasteiger partial charge in [-0.2, -0.15) is 0 Å². The molecule has 0 aliphatic carbocycles. The first kappa shape index (κ1) is 16.4. The van der Waals surface area contributed by atoms with Gasteiger partial charge in [0, 0.05) is 19.6 Å². The van der Waals surface area contributed by atoms with Gasteiger partial charge in [0.25, 0.3) is 0 Å². The molecule has 0 aromatic rings. The van der Waals surface area contributed by atoms with Crippen LogP contribution in [0.2, 0.25) is 0 Å². The molecule has 112 valence electrons. The number of rotatable bonds is 8. The Kier molecular flexibility index (Phi) is 8.07. The highest BCUT2D eigenvalue weighted by Crippen LogP contribution is 2.08. The minimum Gasteiger partial charge on any atom is -0.481 e. The smallest absolute Gasteiger partial charge is 0.307 e. The van der Waals surface area contributed by atoms with Crippen LogP contribution in [0.15, 0.2) is 0 Å². The third-order valence-electron chi connectivity index (χ3n) is 3.96. The predicted octanol–water partition coefficient (Wildman–Crippen LogP) is 2.30. The third kappa shape index (κ3) is 6.92. The summed E-state index contributed by atoms with van der Waals surface area (Å²) in [5, 5.41) is 8.96. The molecule has 0 aromatic carbocycles. The zero-order chi connectivity index (χ0) is 14.1. The van der Waals surface area contributed by atoms with E-state index in [4.69, 9.17) is 5.11 Å². The summed E-state index contributed by atoms with van der Waals surface area (Å²) >= 11 is 0. The fraction of sp³-hybridized carbons (Fsp3) is 0.933. The van der Waals surface area contributed by atoms with Gasteiger partial charge in [0.15, 0.2) is 0 Å². The molecule has 4 heteroatoms. The number of aliphatic carboxylic acids is 1. The van der Waals surface area contributed by atoms with Gasteiger partial charge in [-0.1, -0.05) is 33.1 Å². The Labute approximate surface area is 117 Å². The molecule has 0 aromatic heterocycles. The lowest BCUT2D eigenvalue weighted by Crippen LogP contribution is -2.35. The molecule has 0 radical (unpaired) electrons. The monoisotopic (exact) mass is 270 g/mol. The van der Waals surface area contributed by atoms with E-state index in [0.29, 0.717) is 6.54 Å². The van der Waals surface area contributed by atoms with Crippen LogP contribution in [0.1, 0.15) is 46.0 Å². The van der Waals surface area contributed by atoms with E-state index in [0.717, 1.165) is 19.6 Å². The van der Waals surface area contributed by atoms with Crippen molar-refractivity contribution in [3.8, 4) is 0 Å². The zero-order valence-corrected chi connectivity index (χ0v) is 12.6. The summed E-state index contributed by atoms with van der Waals surface area (Å²) < 4.78 is 0. The molecule has 19 heavy (non-hydrogen) atoms. The first-order valence-corrected chi connectivity index (χ1v) is 7.81. The summed E-state index contributed by atoms with van der Waals surface area (Å²) in [4.78, 5) is 15.7. The van der Waals surface area contributed by atoms with Crippen LogP contribution >= 0.6 is 0 Å². The average Bonchev–Trinajstić information content (AvgIpc) is 2.60. The van der Waals surface area contributed by atoms with Crippen molar-refractivity contribution < 1.29 is 9.90 Å². The third-order valence-corrected chi connectivity index (χ3v) is 3.96. The van der Waals surface area contributed by atoms with Crippen LogP contribution in [0.3, 0.4) is 0 Å². The summed E-state index contributed by atoms with van der Waals surface area (Å²) in [6, 6.07) is 0. The maximum absolute atomic E-state index is 10.9. The van der Waals surface area contributed by atoms with E-state index in [1.54, 1.807) is 6.92 Å². The molecule has 0 saturated carbocycles. The molecular weight excluding hydrogens is 240 g/mol. The van der Waals surface area contributed by atoms with Gasteiger partial charge in [-0.25, -0.2) is 0 Å². The SMILES string of the molecule is CCCCCCN1CCCN(CC(C)C(=O)O)CC1. The predicted molar refractivity (Wildman–Crippen MR) is 78.4 cm³/mol. The van der Waals surface area contributed by atoms with E-state index < -0.39 is 5.97 Å². The van der Waals surface area contributed by atoms with E-state index in [1.807, 2.05) is 0 Å². The molecule has 1 aliphatic heterocycles. The van der Waals surface area contributed by atoms with Crippen LogP contribution in [0, 0.1) is 5.92 Å². The van der Waals surface area contributed by atoms with Crippen LogP contribution in [0.25, 0.3) is 0 Å². The van der Waals surface area contributed by atoms with Crippen molar-refractivity contribution in [3.05, 3.63) is 0 Å². The largest absolute Gasteiger partial charge is 0.481 e. The fourth-order valence-corrected chi connectivity index (χ4v) is 2.66. The van der Waals surface area contributed by atoms with Crippen molar-refractivity contribution in [1.82, 2.24) is 9.80 Å². The number of unbranched alkanes of at least 4 members (excludes halogenated alkanes) is 3. The molecule has 1 rings (SSSR count). The second kappa shape index (κ2) is 9.32. The van der Waals surface area contributed by atoms with Crippen molar-refractivity contribution in [3.63, 3.8) is 0 Å². The van der Waals surface area contributed by atoms with Crippen molar-refractivity contribution in [2.24, 2.45) is 5.92 Å². The fourth-order valence-electron chi connectivity index (χ4n) is 2.66. The molecule has 0 amide bonds. The second-order valence-corrected chi connectivity index (χ2v) is 5.80. The number of carbonyl (C=O) groups is 1. The topological polar surface area (TPSA) is 43.8 Å². The molecular formula is C15H30N2O2. The normalized spacial score (nSPS) is 20.1. The van der Waals surface area contributed by atoms with Gasteiger partial charge in [-0.15, -0.1) is 0 Å². The standard InChI is InChI=1S/C15H30N2O2/c1-3-4-5-6-8-16-9-7-10-17(12-11-16)13-14(2)15(18)19/h14H,3-13H2,1-2H3,(H,18,19). The van der Waals surface area contributed by atoms with Crippen molar-refractivity contribution in [2.75, 3.05) is 39.3 Å². The highest BCUT2D eigenvalue weighted by atomic mass is 16.4. The maximum Gasteiger partial charge on any atom is 0.307 e. The molecule has 1 saturated heterocycles. The molecule has 1 N–H and O–H groups in total. The maximum atomic E-state index is 10.9. The summed E-state index contributed by atoms with van der Waals surface area (Å²) in [6.07, 6.45) is 6.45. The molecule has 0 spiro atoms. The quantitative estimate of drug-likeness (QED) is 0.687. The Morgan fingerprint density at radius 3 is 2.47 bits per heavy atom. The summed E-state index contributed by atoms with van der Waals surface area (Å²) in [5.74, 6) is -0.934. The molecule has 1 aliphatic rings. The first-order valence-electron chi connectivity index (χ1n) is 7.81. The van der Waals surface area contributed by atoms with Gasteiger partial charge < -0.3 is 14.9 Å². The van der Waals surface area contributed by atoms with Crippen molar-refractivity contribution >= 4 is 5.97 Å². The highest BCUT2D eigenvalue weighted by Gasteiger charge is 2.19. The number of hydrogen-bond donors (Lipinski definition) is 1. The highest BCUT2D eigenvalue weighted by molar-refractivity contribution is 5.69. The van der Waals surface area contributed by atoms with Crippen LogP contribution in [-0.4, -0.2) is 60.1 Å². The Bertz CT molecular complexity index is 259. The van der Waals surface area contributed by atoms with E-state index in [2.05, 4.69) is 16.7 Å². The molecule has 1 heterocycles. The number of hydrogen-bond acceptors (Lipinski definition) is 3. The van der Waals surface area contributed by atoms with Gasteiger partial charge in [-0.05, 0) is 32.5 Å². The van der Waals surface area contributed by atoms with Gasteiger partial charge in [-0.3, -0.25) is 4.79 Å². The summed E-state index contributed by atoms with van der Waals surface area (Å²) in [6.45, 7) is 10.3. The van der Waals surface area contributed by atoms with Crippen LogP contribution < -0.4 is 0 Å². The van der Waals surface area contributed by atoms with Crippen LogP contribution in [0.5, 0.6) is 0 Å². The van der Waals surface area contributed by atoms with Gasteiger partial charge in [0.1, 0.15) is 0 Å². The van der Waals surface area contributed by atoms with E-state index in [9.17, 15) is 4.79 Å². The lowest BCUT2D eigenvalue weighted by molar-refractivity contribution is -0.141. The Balaban J connectivity index is 2.21. The molecule has 4 nitrogen and oxygen atoms in total. The number of carboxylic acid groups (broad SMARTS) is 1. The van der Waals surface area contributed by atoms with Gasteiger partial charge in [0.2, 0.25) is 0 Å². The van der Waals surface area contributed by atoms with Gasteiger partial charge in [0.05, 0.1) is 5.92 Å². The number of carboxylic acids is 1. The lowest BCUT2D eigenvalue weighted by Gasteiger charge is -2.23. The molecule has 1 atom stereocenters. The minimum atomic E-state index is -0.680. The van der Waals surface area contributed by atoms with Crippen LogP contribution in [-0.2, 0) is 4.79 Å². The molecule has 1 fully saturated rings. The first-order chi connectivity index (χ1) is 9.13. The van der Waals surface area contributed by atoms with Gasteiger partial charge >= 0.3 is 5.97 Å². The Hall–Kier alpha value is -0.610. The van der Waals surface area contributed by atoms with E-state index >= 15 is 0 Å². The Morgan fingerprint density at radius 1 is 1.11 bits per heavy atom. The Morgan fingerprint density at radius 2 is 1.79 bits per heavy atom. The van der Waals surface area contributed by atoms with Crippen molar-refractivity contribution in [1.29, 1.82) is 0 Å². The number of nitrogens with zero attached hydrogens (tertiary/aromatic N) is 2. The molecule has 0 bridgehead atoms. The second-order valence-electron chi connectivity index (χ2n) is 5.80.